The Labute approximate surface area is 110 Å². The zero-order chi connectivity index (χ0) is 14.1. The van der Waals surface area contributed by atoms with E-state index in [1.807, 2.05) is 0 Å². The first-order chi connectivity index (χ1) is 9.13. The monoisotopic (exact) mass is 270 g/mol. The quantitative estimate of drug-likeness (QED) is 0.600. The number of aliphatic carboxylic acids is 1. The van der Waals surface area contributed by atoms with E-state index in [4.69, 9.17) is 9.84 Å². The van der Waals surface area contributed by atoms with Crippen LogP contribution in [0, 0.1) is 0 Å². The van der Waals surface area contributed by atoms with Gasteiger partial charge in [-0.3, -0.25) is 4.68 Å². The SMILES string of the molecule is COCCC(NC(=O)NCCn1cccn1)C(=O)O. The van der Waals surface area contributed by atoms with Gasteiger partial charge in [0.05, 0.1) is 6.54 Å². The number of amides is 2. The average molecular weight is 270 g/mol. The van der Waals surface area contributed by atoms with Crippen LogP contribution in [0.5, 0.6) is 0 Å². The molecule has 0 aromatic carbocycles. The van der Waals surface area contributed by atoms with Crippen LogP contribution in [-0.4, -0.2) is 53.2 Å². The van der Waals surface area contributed by atoms with Crippen LogP contribution in [0.3, 0.4) is 0 Å². The van der Waals surface area contributed by atoms with E-state index in [-0.39, 0.29) is 13.0 Å². The molecule has 1 aromatic heterocycles. The summed E-state index contributed by atoms with van der Waals surface area (Å²) in [5.41, 5.74) is 0. The van der Waals surface area contributed by atoms with Crippen molar-refractivity contribution < 1.29 is 19.4 Å². The molecule has 0 bridgehead atoms. The van der Waals surface area contributed by atoms with Crippen LogP contribution in [-0.2, 0) is 16.1 Å². The van der Waals surface area contributed by atoms with Crippen molar-refractivity contribution in [2.75, 3.05) is 20.3 Å². The molecule has 2 amide bonds. The summed E-state index contributed by atoms with van der Waals surface area (Å²) < 4.78 is 6.45. The van der Waals surface area contributed by atoms with Gasteiger partial charge in [0, 0.05) is 39.1 Å². The fourth-order valence-electron chi connectivity index (χ4n) is 1.42. The molecule has 106 valence electrons. The molecule has 3 N–H and O–H groups in total. The summed E-state index contributed by atoms with van der Waals surface area (Å²) in [4.78, 5) is 22.4. The molecule has 19 heavy (non-hydrogen) atoms. The maximum Gasteiger partial charge on any atom is 0.326 e. The first kappa shape index (κ1) is 15.0. The molecule has 1 aromatic rings. The summed E-state index contributed by atoms with van der Waals surface area (Å²) in [6.45, 7) is 1.16. The number of carboxylic acids is 1. The number of carbonyl (C=O) groups excluding carboxylic acids is 1. The van der Waals surface area contributed by atoms with Crippen molar-refractivity contribution in [1.82, 2.24) is 20.4 Å². The van der Waals surface area contributed by atoms with Crippen molar-refractivity contribution in [3.05, 3.63) is 18.5 Å². The number of hydrogen-bond acceptors (Lipinski definition) is 4. The minimum atomic E-state index is -1.08. The first-order valence-electron chi connectivity index (χ1n) is 5.87. The standard InChI is InChI=1S/C11H18N4O4/c1-19-8-3-9(10(16)17)14-11(18)12-5-7-15-6-2-4-13-15/h2,4,6,9H,3,5,7-8H2,1H3,(H,16,17)(H2,12,14,18). The third-order valence-electron chi connectivity index (χ3n) is 2.40. The minimum Gasteiger partial charge on any atom is -0.480 e. The van der Waals surface area contributed by atoms with E-state index < -0.39 is 18.0 Å². The lowest BCUT2D eigenvalue weighted by Gasteiger charge is -2.14. The van der Waals surface area contributed by atoms with E-state index in [0.717, 1.165) is 0 Å². The highest BCUT2D eigenvalue weighted by atomic mass is 16.5. The minimum absolute atomic E-state index is 0.221. The van der Waals surface area contributed by atoms with Crippen LogP contribution in [0.15, 0.2) is 18.5 Å². The van der Waals surface area contributed by atoms with Gasteiger partial charge in [0.15, 0.2) is 0 Å². The highest BCUT2D eigenvalue weighted by molar-refractivity contribution is 5.82. The van der Waals surface area contributed by atoms with Crippen molar-refractivity contribution in [3.63, 3.8) is 0 Å². The molecule has 0 saturated carbocycles. The largest absolute Gasteiger partial charge is 0.480 e. The van der Waals surface area contributed by atoms with E-state index in [1.165, 1.54) is 7.11 Å². The second kappa shape index (κ2) is 8.09. The Balaban J connectivity index is 2.25. The van der Waals surface area contributed by atoms with Gasteiger partial charge in [-0.1, -0.05) is 0 Å². The van der Waals surface area contributed by atoms with Gasteiger partial charge in [0.25, 0.3) is 0 Å². The second-order valence-electron chi connectivity index (χ2n) is 3.84. The van der Waals surface area contributed by atoms with E-state index in [9.17, 15) is 9.59 Å². The van der Waals surface area contributed by atoms with Gasteiger partial charge in [0.2, 0.25) is 0 Å². The summed E-state index contributed by atoms with van der Waals surface area (Å²) in [6, 6.07) is 0.311. The Hall–Kier alpha value is -2.09. The first-order valence-corrected chi connectivity index (χ1v) is 5.87. The number of carbonyl (C=O) groups is 2. The normalized spacial score (nSPS) is 11.8. The van der Waals surface area contributed by atoms with E-state index in [0.29, 0.717) is 13.1 Å². The summed E-state index contributed by atoms with van der Waals surface area (Å²) in [5, 5.41) is 17.8. The van der Waals surface area contributed by atoms with Gasteiger partial charge in [-0.15, -0.1) is 0 Å². The topological polar surface area (TPSA) is 105 Å². The fourth-order valence-corrected chi connectivity index (χ4v) is 1.42. The van der Waals surface area contributed by atoms with E-state index in [2.05, 4.69) is 15.7 Å². The van der Waals surface area contributed by atoms with E-state index >= 15 is 0 Å². The third kappa shape index (κ3) is 5.87. The Morgan fingerprint density at radius 3 is 2.89 bits per heavy atom. The molecular weight excluding hydrogens is 252 g/mol. The second-order valence-corrected chi connectivity index (χ2v) is 3.84. The summed E-state index contributed by atoms with van der Waals surface area (Å²) >= 11 is 0. The fraction of sp³-hybridized carbons (Fsp3) is 0.545. The average Bonchev–Trinajstić information content (AvgIpc) is 2.87. The number of carboxylic acid groups (broad SMARTS) is 1. The maximum atomic E-state index is 11.5. The summed E-state index contributed by atoms with van der Waals surface area (Å²) in [5.74, 6) is -1.08. The molecule has 0 spiro atoms. The van der Waals surface area contributed by atoms with Crippen LogP contribution >= 0.6 is 0 Å². The number of ether oxygens (including phenoxy) is 1. The van der Waals surface area contributed by atoms with Gasteiger partial charge in [-0.25, -0.2) is 9.59 Å². The number of nitrogens with one attached hydrogen (secondary N) is 2. The summed E-state index contributed by atoms with van der Waals surface area (Å²) in [6.07, 6.45) is 3.64. The lowest BCUT2D eigenvalue weighted by molar-refractivity contribution is -0.139. The van der Waals surface area contributed by atoms with Gasteiger partial charge in [-0.05, 0) is 6.07 Å². The predicted octanol–water partition coefficient (Wildman–Crippen LogP) is -0.328. The number of urea groups is 1. The van der Waals surface area contributed by atoms with Crippen LogP contribution in [0.1, 0.15) is 6.42 Å². The number of aromatic nitrogens is 2. The number of hydrogen-bond donors (Lipinski definition) is 3. The zero-order valence-corrected chi connectivity index (χ0v) is 10.7. The molecule has 1 rings (SSSR count). The van der Waals surface area contributed by atoms with Gasteiger partial charge >= 0.3 is 12.0 Å². The highest BCUT2D eigenvalue weighted by Crippen LogP contribution is 1.93. The Morgan fingerprint density at radius 2 is 2.32 bits per heavy atom. The van der Waals surface area contributed by atoms with Gasteiger partial charge < -0.3 is 20.5 Å². The van der Waals surface area contributed by atoms with Crippen LogP contribution in [0.2, 0.25) is 0 Å². The molecule has 1 heterocycles. The lowest BCUT2D eigenvalue weighted by atomic mass is 10.2. The molecule has 0 saturated heterocycles. The molecule has 0 aliphatic rings. The molecule has 0 aliphatic carbocycles. The van der Waals surface area contributed by atoms with Crippen molar-refractivity contribution in [3.8, 4) is 0 Å². The molecule has 0 radical (unpaired) electrons. The van der Waals surface area contributed by atoms with Gasteiger partial charge in [0.1, 0.15) is 6.04 Å². The van der Waals surface area contributed by atoms with Crippen LogP contribution < -0.4 is 10.6 Å². The highest BCUT2D eigenvalue weighted by Gasteiger charge is 2.19. The Bertz CT molecular complexity index is 393. The lowest BCUT2D eigenvalue weighted by Crippen LogP contribution is -2.47. The van der Waals surface area contributed by atoms with Crippen molar-refractivity contribution in [1.29, 1.82) is 0 Å². The maximum absolute atomic E-state index is 11.5. The van der Waals surface area contributed by atoms with E-state index in [1.54, 1.807) is 23.1 Å². The number of nitrogens with zero attached hydrogens (tertiary/aromatic N) is 2. The summed E-state index contributed by atoms with van der Waals surface area (Å²) in [7, 11) is 1.48. The Morgan fingerprint density at radius 1 is 1.53 bits per heavy atom. The molecule has 1 atom stereocenters. The molecule has 0 aliphatic heterocycles. The number of rotatable bonds is 8. The van der Waals surface area contributed by atoms with Crippen molar-refractivity contribution in [2.45, 2.75) is 19.0 Å². The molecule has 8 nitrogen and oxygen atoms in total. The third-order valence-corrected chi connectivity index (χ3v) is 2.40. The molecule has 1 unspecified atom stereocenters. The molecule has 8 heteroatoms. The number of methoxy groups -OCH3 is 1. The molecule has 0 fully saturated rings. The van der Waals surface area contributed by atoms with Gasteiger partial charge in [-0.2, -0.15) is 5.10 Å². The Kier molecular flexibility index (Phi) is 6.37. The van der Waals surface area contributed by atoms with Crippen LogP contribution in [0.4, 0.5) is 4.79 Å². The smallest absolute Gasteiger partial charge is 0.326 e. The zero-order valence-electron chi connectivity index (χ0n) is 10.7. The predicted molar refractivity (Wildman–Crippen MR) is 66.7 cm³/mol. The molecular formula is C11H18N4O4. The van der Waals surface area contributed by atoms with Crippen molar-refractivity contribution in [2.24, 2.45) is 0 Å². The van der Waals surface area contributed by atoms with Crippen molar-refractivity contribution >= 4 is 12.0 Å². The van der Waals surface area contributed by atoms with Crippen LogP contribution in [0.25, 0.3) is 0 Å².